The smallest absolute Gasteiger partial charge is 0.268 e. The lowest BCUT2D eigenvalue weighted by atomic mass is 9.91. The Morgan fingerprint density at radius 1 is 1.50 bits per heavy atom. The number of hydrogen-bond donors (Lipinski definition) is 0. The number of rotatable bonds is 2. The standard InChI is InChI=1S/C11H15BrN2O2/c1-7-13-5-8(12)10(16)14(7)6-9(15)11(2,3)4/h5H,6H2,1-4H3. The summed E-state index contributed by atoms with van der Waals surface area (Å²) in [4.78, 5) is 27.7. The molecule has 0 bridgehead atoms. The number of nitrogens with zero attached hydrogens (tertiary/aromatic N) is 2. The van der Waals surface area contributed by atoms with Crippen molar-refractivity contribution in [1.82, 2.24) is 9.55 Å². The van der Waals surface area contributed by atoms with Crippen LogP contribution in [-0.2, 0) is 11.3 Å². The summed E-state index contributed by atoms with van der Waals surface area (Å²) < 4.78 is 1.76. The lowest BCUT2D eigenvalue weighted by Crippen LogP contribution is -2.32. The molecule has 1 heterocycles. The number of hydrogen-bond acceptors (Lipinski definition) is 3. The van der Waals surface area contributed by atoms with Crippen molar-refractivity contribution in [2.24, 2.45) is 5.41 Å². The number of halogens is 1. The molecule has 0 saturated carbocycles. The van der Waals surface area contributed by atoms with Crippen LogP contribution in [0, 0.1) is 12.3 Å². The minimum absolute atomic E-state index is 0.0117. The first-order valence-electron chi connectivity index (χ1n) is 4.98. The molecule has 0 unspecified atom stereocenters. The van der Waals surface area contributed by atoms with Gasteiger partial charge in [0.05, 0.1) is 6.54 Å². The highest BCUT2D eigenvalue weighted by molar-refractivity contribution is 9.10. The molecule has 0 aliphatic carbocycles. The van der Waals surface area contributed by atoms with Crippen LogP contribution in [-0.4, -0.2) is 15.3 Å². The Hall–Kier alpha value is -0.970. The van der Waals surface area contributed by atoms with E-state index in [1.165, 1.54) is 10.8 Å². The minimum Gasteiger partial charge on any atom is -0.297 e. The molecule has 1 aromatic rings. The second kappa shape index (κ2) is 4.49. The van der Waals surface area contributed by atoms with Crippen LogP contribution in [0.1, 0.15) is 26.6 Å². The molecular formula is C11H15BrN2O2. The second-order valence-corrected chi connectivity index (χ2v) is 5.57. The maximum atomic E-state index is 11.8. The van der Waals surface area contributed by atoms with Crippen LogP contribution in [0.4, 0.5) is 0 Å². The predicted octanol–water partition coefficient (Wildman–Crippen LogP) is 1.93. The minimum atomic E-state index is -0.450. The van der Waals surface area contributed by atoms with Crippen molar-refractivity contribution in [2.45, 2.75) is 34.2 Å². The molecule has 16 heavy (non-hydrogen) atoms. The van der Waals surface area contributed by atoms with Gasteiger partial charge in [0.15, 0.2) is 5.78 Å². The highest BCUT2D eigenvalue weighted by Crippen LogP contribution is 2.15. The summed E-state index contributed by atoms with van der Waals surface area (Å²) in [6.07, 6.45) is 1.45. The van der Waals surface area contributed by atoms with Gasteiger partial charge in [-0.05, 0) is 22.9 Å². The number of ketones is 1. The summed E-state index contributed by atoms with van der Waals surface area (Å²) in [6.45, 7) is 7.29. The molecule has 0 atom stereocenters. The fourth-order valence-electron chi connectivity index (χ4n) is 1.12. The van der Waals surface area contributed by atoms with E-state index in [4.69, 9.17) is 0 Å². The first-order chi connectivity index (χ1) is 7.23. The Morgan fingerprint density at radius 3 is 2.56 bits per heavy atom. The zero-order chi connectivity index (χ0) is 12.5. The van der Waals surface area contributed by atoms with Gasteiger partial charge in [-0.3, -0.25) is 14.2 Å². The quantitative estimate of drug-likeness (QED) is 0.835. The van der Waals surface area contributed by atoms with Gasteiger partial charge in [-0.2, -0.15) is 0 Å². The third kappa shape index (κ3) is 2.78. The molecule has 88 valence electrons. The Bertz CT molecular complexity index is 472. The number of aryl methyl sites for hydroxylation is 1. The van der Waals surface area contributed by atoms with Gasteiger partial charge in [0, 0.05) is 11.6 Å². The SMILES string of the molecule is Cc1ncc(Br)c(=O)n1CC(=O)C(C)(C)C. The van der Waals surface area contributed by atoms with E-state index in [9.17, 15) is 9.59 Å². The molecule has 0 aromatic carbocycles. The van der Waals surface area contributed by atoms with Crippen LogP contribution < -0.4 is 5.56 Å². The molecule has 1 rings (SSSR count). The third-order valence-corrected chi connectivity index (χ3v) is 2.89. The van der Waals surface area contributed by atoms with Crippen LogP contribution in [0.15, 0.2) is 15.5 Å². The molecule has 5 heteroatoms. The van der Waals surface area contributed by atoms with E-state index in [1.54, 1.807) is 6.92 Å². The van der Waals surface area contributed by atoms with Gasteiger partial charge >= 0.3 is 0 Å². The molecule has 0 spiro atoms. The van der Waals surface area contributed by atoms with Gasteiger partial charge in [0.1, 0.15) is 10.3 Å². The van der Waals surface area contributed by atoms with Gasteiger partial charge in [-0.1, -0.05) is 20.8 Å². The third-order valence-electron chi connectivity index (χ3n) is 2.34. The van der Waals surface area contributed by atoms with Crippen LogP contribution in [0.25, 0.3) is 0 Å². The summed E-state index contributed by atoms with van der Waals surface area (Å²) >= 11 is 3.11. The Morgan fingerprint density at radius 2 is 2.06 bits per heavy atom. The molecule has 0 N–H and O–H groups in total. The van der Waals surface area contributed by atoms with Crippen LogP contribution >= 0.6 is 15.9 Å². The summed E-state index contributed by atoms with van der Waals surface area (Å²) in [5.41, 5.74) is -0.668. The highest BCUT2D eigenvalue weighted by atomic mass is 79.9. The number of aromatic nitrogens is 2. The molecule has 0 fully saturated rings. The monoisotopic (exact) mass is 286 g/mol. The lowest BCUT2D eigenvalue weighted by Gasteiger charge is -2.18. The topological polar surface area (TPSA) is 52.0 Å². The Labute approximate surface area is 103 Å². The van der Waals surface area contributed by atoms with Crippen molar-refractivity contribution < 1.29 is 4.79 Å². The largest absolute Gasteiger partial charge is 0.297 e. The predicted molar refractivity (Wildman–Crippen MR) is 65.4 cm³/mol. The number of Topliss-reactive ketones (excluding diaryl/α,β-unsaturated/α-hetero) is 1. The van der Waals surface area contributed by atoms with E-state index in [-0.39, 0.29) is 17.9 Å². The van der Waals surface area contributed by atoms with Crippen molar-refractivity contribution in [2.75, 3.05) is 0 Å². The molecule has 1 aromatic heterocycles. The molecule has 0 amide bonds. The molecule has 0 aliphatic rings. The van der Waals surface area contributed by atoms with E-state index >= 15 is 0 Å². The van der Waals surface area contributed by atoms with Crippen molar-refractivity contribution in [3.05, 3.63) is 26.8 Å². The lowest BCUT2D eigenvalue weighted by molar-refractivity contribution is -0.127. The van der Waals surface area contributed by atoms with E-state index < -0.39 is 5.41 Å². The molecule has 4 nitrogen and oxygen atoms in total. The molecule has 0 saturated heterocycles. The zero-order valence-electron chi connectivity index (χ0n) is 9.87. The Balaban J connectivity index is 3.12. The molecular weight excluding hydrogens is 272 g/mol. The van der Waals surface area contributed by atoms with Crippen LogP contribution in [0.2, 0.25) is 0 Å². The van der Waals surface area contributed by atoms with Gasteiger partial charge < -0.3 is 0 Å². The summed E-state index contributed by atoms with van der Waals surface area (Å²) in [7, 11) is 0. The summed E-state index contributed by atoms with van der Waals surface area (Å²) in [5, 5.41) is 0. The van der Waals surface area contributed by atoms with E-state index in [0.29, 0.717) is 10.3 Å². The number of carbonyl (C=O) groups excluding carboxylic acids is 1. The van der Waals surface area contributed by atoms with Gasteiger partial charge in [0.2, 0.25) is 0 Å². The summed E-state index contributed by atoms with van der Waals surface area (Å²) in [6, 6.07) is 0. The number of carbonyl (C=O) groups is 1. The first-order valence-corrected chi connectivity index (χ1v) is 5.78. The molecule has 0 radical (unpaired) electrons. The van der Waals surface area contributed by atoms with Gasteiger partial charge in [0.25, 0.3) is 5.56 Å². The fraction of sp³-hybridized carbons (Fsp3) is 0.545. The van der Waals surface area contributed by atoms with Crippen molar-refractivity contribution in [3.63, 3.8) is 0 Å². The van der Waals surface area contributed by atoms with Crippen molar-refractivity contribution in [1.29, 1.82) is 0 Å². The van der Waals surface area contributed by atoms with E-state index in [0.717, 1.165) is 0 Å². The summed E-state index contributed by atoms with van der Waals surface area (Å²) in [5.74, 6) is 0.559. The highest BCUT2D eigenvalue weighted by Gasteiger charge is 2.22. The fourth-order valence-corrected chi connectivity index (χ4v) is 1.43. The normalized spacial score (nSPS) is 11.6. The van der Waals surface area contributed by atoms with Crippen LogP contribution in [0.5, 0.6) is 0 Å². The zero-order valence-corrected chi connectivity index (χ0v) is 11.5. The maximum Gasteiger partial charge on any atom is 0.268 e. The average molecular weight is 287 g/mol. The van der Waals surface area contributed by atoms with Gasteiger partial charge in [-0.15, -0.1) is 0 Å². The first kappa shape index (κ1) is 13.1. The second-order valence-electron chi connectivity index (χ2n) is 4.72. The van der Waals surface area contributed by atoms with Crippen molar-refractivity contribution in [3.8, 4) is 0 Å². The average Bonchev–Trinajstić information content (AvgIpc) is 2.17. The maximum absolute atomic E-state index is 11.8. The Kier molecular flexibility index (Phi) is 3.68. The van der Waals surface area contributed by atoms with Gasteiger partial charge in [-0.25, -0.2) is 4.98 Å². The van der Waals surface area contributed by atoms with E-state index in [1.807, 2.05) is 20.8 Å². The van der Waals surface area contributed by atoms with Crippen molar-refractivity contribution >= 4 is 21.7 Å². The molecule has 0 aliphatic heterocycles. The van der Waals surface area contributed by atoms with E-state index in [2.05, 4.69) is 20.9 Å². The van der Waals surface area contributed by atoms with Crippen LogP contribution in [0.3, 0.4) is 0 Å².